The van der Waals surface area contributed by atoms with Crippen molar-refractivity contribution in [2.75, 3.05) is 12.5 Å². The van der Waals surface area contributed by atoms with E-state index < -0.39 is 11.8 Å². The van der Waals surface area contributed by atoms with Crippen LogP contribution in [0.5, 0.6) is 0 Å². The summed E-state index contributed by atoms with van der Waals surface area (Å²) in [5, 5.41) is 0.446. The third-order valence-electron chi connectivity index (χ3n) is 2.12. The molecule has 1 aromatic carbocycles. The average Bonchev–Trinajstić information content (AvgIpc) is 2.37. The number of rotatable bonds is 5. The number of ether oxygens (including phenoxy) is 1. The molecule has 0 saturated heterocycles. The van der Waals surface area contributed by atoms with E-state index in [1.807, 2.05) is 0 Å². The number of benzene rings is 1. The highest BCUT2D eigenvalue weighted by Crippen LogP contribution is 2.19. The molecule has 0 unspecified atom stereocenters. The van der Waals surface area contributed by atoms with Gasteiger partial charge in [0.25, 0.3) is 0 Å². The summed E-state index contributed by atoms with van der Waals surface area (Å²) in [6.45, 7) is 1.85. The molecular weight excluding hydrogens is 275 g/mol. The molecule has 1 rings (SSSR count). The lowest BCUT2D eigenvalue weighted by molar-refractivity contribution is -0.139. The van der Waals surface area contributed by atoms with Gasteiger partial charge in [-0.25, -0.2) is 4.79 Å². The van der Waals surface area contributed by atoms with Gasteiger partial charge in [0.15, 0.2) is 5.78 Å². The number of carbonyl (C=O) groups excluding carboxylic acids is 2. The van der Waals surface area contributed by atoms with Crippen LogP contribution in [-0.4, -0.2) is 24.2 Å². The lowest BCUT2D eigenvalue weighted by Gasteiger charge is -2.05. The van der Waals surface area contributed by atoms with E-state index in [1.165, 1.54) is 6.08 Å². The average molecular weight is 287 g/mol. The Morgan fingerprint density at radius 3 is 2.56 bits per heavy atom. The molecule has 0 heterocycles. The fourth-order valence-electron chi connectivity index (χ4n) is 1.28. The van der Waals surface area contributed by atoms with Gasteiger partial charge in [-0.1, -0.05) is 29.8 Å². The van der Waals surface area contributed by atoms with Gasteiger partial charge in [0.05, 0.1) is 12.5 Å². The number of esters is 1. The first-order chi connectivity index (χ1) is 8.60. The van der Waals surface area contributed by atoms with Crippen LogP contribution in [0.15, 0.2) is 29.8 Å². The summed E-state index contributed by atoms with van der Waals surface area (Å²) < 4.78 is 4.81. The van der Waals surface area contributed by atoms with Crippen molar-refractivity contribution in [1.82, 2.24) is 0 Å². The van der Waals surface area contributed by atoms with E-state index in [0.29, 0.717) is 10.6 Å². The highest BCUT2D eigenvalue weighted by Gasteiger charge is 2.18. The molecule has 0 N–H and O–H groups in total. The van der Waals surface area contributed by atoms with E-state index in [2.05, 4.69) is 0 Å². The number of halogens is 2. The number of hydrogen-bond acceptors (Lipinski definition) is 3. The normalized spacial score (nSPS) is 11.2. The molecule has 0 spiro atoms. The zero-order valence-corrected chi connectivity index (χ0v) is 11.3. The van der Waals surface area contributed by atoms with Gasteiger partial charge in [-0.05, 0) is 24.6 Å². The molecule has 0 aromatic heterocycles. The molecule has 0 bridgehead atoms. The van der Waals surface area contributed by atoms with Crippen molar-refractivity contribution in [3.8, 4) is 0 Å². The second kappa shape index (κ2) is 7.19. The van der Waals surface area contributed by atoms with Crippen LogP contribution in [0, 0.1) is 0 Å². The molecule has 96 valence electrons. The maximum absolute atomic E-state index is 11.6. The third kappa shape index (κ3) is 3.86. The predicted octanol–water partition coefficient (Wildman–Crippen LogP) is 3.09. The molecule has 3 nitrogen and oxygen atoms in total. The molecule has 0 amide bonds. The molecular formula is C13H12Cl2O3. The van der Waals surface area contributed by atoms with Crippen molar-refractivity contribution in [3.63, 3.8) is 0 Å². The van der Waals surface area contributed by atoms with Gasteiger partial charge < -0.3 is 4.74 Å². The van der Waals surface area contributed by atoms with E-state index in [9.17, 15) is 9.59 Å². The number of alkyl halides is 1. The Hall–Kier alpha value is -1.32. The minimum Gasteiger partial charge on any atom is -0.462 e. The van der Waals surface area contributed by atoms with Crippen LogP contribution in [0.2, 0.25) is 5.02 Å². The van der Waals surface area contributed by atoms with Crippen molar-refractivity contribution in [2.45, 2.75) is 6.92 Å². The van der Waals surface area contributed by atoms with Gasteiger partial charge in [-0.2, -0.15) is 0 Å². The topological polar surface area (TPSA) is 43.4 Å². The van der Waals surface area contributed by atoms with Crippen LogP contribution in [0.25, 0.3) is 6.08 Å². The van der Waals surface area contributed by atoms with Crippen LogP contribution in [0.4, 0.5) is 0 Å². The van der Waals surface area contributed by atoms with Crippen LogP contribution in [0.3, 0.4) is 0 Å². The predicted molar refractivity (Wildman–Crippen MR) is 71.8 cm³/mol. The SMILES string of the molecule is CCOC(=O)/C(=C\c1ccccc1Cl)C(=O)CCl. The molecule has 0 aliphatic heterocycles. The van der Waals surface area contributed by atoms with Gasteiger partial charge in [-0.15, -0.1) is 11.6 Å². The molecule has 0 radical (unpaired) electrons. The van der Waals surface area contributed by atoms with Crippen molar-refractivity contribution < 1.29 is 14.3 Å². The Balaban J connectivity index is 3.14. The van der Waals surface area contributed by atoms with Gasteiger partial charge in [0.1, 0.15) is 5.57 Å². The molecule has 18 heavy (non-hydrogen) atoms. The first-order valence-corrected chi connectivity index (χ1v) is 6.24. The summed E-state index contributed by atoms with van der Waals surface area (Å²) >= 11 is 11.4. The second-order valence-electron chi connectivity index (χ2n) is 3.36. The zero-order valence-electron chi connectivity index (χ0n) is 9.78. The van der Waals surface area contributed by atoms with E-state index in [4.69, 9.17) is 27.9 Å². The molecule has 0 saturated carbocycles. The van der Waals surface area contributed by atoms with Gasteiger partial charge in [0, 0.05) is 5.02 Å². The van der Waals surface area contributed by atoms with E-state index in [0.717, 1.165) is 0 Å². The number of carbonyl (C=O) groups is 2. The van der Waals surface area contributed by atoms with E-state index in [1.54, 1.807) is 31.2 Å². The van der Waals surface area contributed by atoms with E-state index >= 15 is 0 Å². The van der Waals surface area contributed by atoms with Crippen molar-refractivity contribution in [3.05, 3.63) is 40.4 Å². The summed E-state index contributed by atoms with van der Waals surface area (Å²) in [7, 11) is 0. The Morgan fingerprint density at radius 1 is 1.33 bits per heavy atom. The fourth-order valence-corrected chi connectivity index (χ4v) is 1.62. The van der Waals surface area contributed by atoms with Crippen molar-refractivity contribution in [1.29, 1.82) is 0 Å². The summed E-state index contributed by atoms with van der Waals surface area (Å²) in [5.74, 6) is -1.46. The monoisotopic (exact) mass is 286 g/mol. The zero-order chi connectivity index (χ0) is 13.5. The van der Waals surface area contributed by atoms with Gasteiger partial charge in [-0.3, -0.25) is 4.79 Å². The molecule has 5 heteroatoms. The standard InChI is InChI=1S/C13H12Cl2O3/c1-2-18-13(17)10(12(16)8-14)7-9-5-3-4-6-11(9)15/h3-7H,2,8H2,1H3/b10-7-. The fraction of sp³-hybridized carbons (Fsp3) is 0.231. The third-order valence-corrected chi connectivity index (χ3v) is 2.71. The largest absolute Gasteiger partial charge is 0.462 e. The minimum atomic E-state index is -0.692. The summed E-state index contributed by atoms with van der Waals surface area (Å²) in [5.41, 5.74) is 0.473. The second-order valence-corrected chi connectivity index (χ2v) is 4.03. The molecule has 1 aromatic rings. The Kier molecular flexibility index (Phi) is 5.89. The lowest BCUT2D eigenvalue weighted by Crippen LogP contribution is -2.16. The number of hydrogen-bond donors (Lipinski definition) is 0. The minimum absolute atomic E-state index is 0.0973. The highest BCUT2D eigenvalue weighted by molar-refractivity contribution is 6.36. The van der Waals surface area contributed by atoms with Crippen LogP contribution >= 0.6 is 23.2 Å². The Morgan fingerprint density at radius 2 is 2.00 bits per heavy atom. The summed E-state index contributed by atoms with van der Waals surface area (Å²) in [6, 6.07) is 6.88. The molecule has 0 atom stereocenters. The summed E-state index contributed by atoms with van der Waals surface area (Å²) in [4.78, 5) is 23.2. The lowest BCUT2D eigenvalue weighted by atomic mass is 10.1. The molecule has 0 aliphatic rings. The first-order valence-electron chi connectivity index (χ1n) is 5.32. The quantitative estimate of drug-likeness (QED) is 0.275. The summed E-state index contributed by atoms with van der Waals surface area (Å²) in [6.07, 6.45) is 1.39. The number of Topliss-reactive ketones (excluding diaryl/α,β-unsaturated/α-hetero) is 1. The van der Waals surface area contributed by atoms with Crippen LogP contribution < -0.4 is 0 Å². The highest BCUT2D eigenvalue weighted by atomic mass is 35.5. The van der Waals surface area contributed by atoms with Crippen LogP contribution in [-0.2, 0) is 14.3 Å². The molecule has 0 aliphatic carbocycles. The van der Waals surface area contributed by atoms with E-state index in [-0.39, 0.29) is 18.1 Å². The van der Waals surface area contributed by atoms with Crippen molar-refractivity contribution >= 4 is 41.0 Å². The molecule has 0 fully saturated rings. The first kappa shape index (κ1) is 14.7. The van der Waals surface area contributed by atoms with Crippen LogP contribution in [0.1, 0.15) is 12.5 Å². The van der Waals surface area contributed by atoms with Gasteiger partial charge >= 0.3 is 5.97 Å². The van der Waals surface area contributed by atoms with Crippen molar-refractivity contribution in [2.24, 2.45) is 0 Å². The maximum atomic E-state index is 11.6. The Bertz CT molecular complexity index is 481. The number of ketones is 1. The smallest absolute Gasteiger partial charge is 0.341 e. The maximum Gasteiger partial charge on any atom is 0.341 e. The Labute approximate surface area is 115 Å². The van der Waals surface area contributed by atoms with Gasteiger partial charge in [0.2, 0.25) is 0 Å².